The number of nitrogens with zero attached hydrogens (tertiary/aromatic N) is 1. The molecule has 1 N–H and O–H groups in total. The van der Waals surface area contributed by atoms with E-state index in [-0.39, 0.29) is 29.3 Å². The lowest BCUT2D eigenvalue weighted by Gasteiger charge is -2.51. The smallest absolute Gasteiger partial charge is 0.249 e. The molecule has 0 aromatic heterocycles. The summed E-state index contributed by atoms with van der Waals surface area (Å²) in [4.78, 5) is 27.9. The van der Waals surface area contributed by atoms with Gasteiger partial charge in [0, 0.05) is 6.04 Å². The summed E-state index contributed by atoms with van der Waals surface area (Å²) < 4.78 is 0. The zero-order valence-electron chi connectivity index (χ0n) is 14.2. The van der Waals surface area contributed by atoms with Crippen molar-refractivity contribution in [2.24, 2.45) is 5.41 Å². The molecule has 1 aliphatic carbocycles. The van der Waals surface area contributed by atoms with E-state index in [2.05, 4.69) is 26.1 Å². The van der Waals surface area contributed by atoms with Crippen LogP contribution in [0.2, 0.25) is 0 Å². The van der Waals surface area contributed by atoms with E-state index >= 15 is 0 Å². The van der Waals surface area contributed by atoms with E-state index in [4.69, 9.17) is 0 Å². The summed E-state index contributed by atoms with van der Waals surface area (Å²) in [6, 6.07) is -0.107. The number of carbonyl (C=O) groups is 2. The van der Waals surface area contributed by atoms with Crippen molar-refractivity contribution >= 4 is 11.8 Å². The van der Waals surface area contributed by atoms with Crippen molar-refractivity contribution in [2.75, 3.05) is 0 Å². The lowest BCUT2D eigenvalue weighted by atomic mass is 9.78. The Labute approximate surface area is 128 Å². The first kappa shape index (κ1) is 16.3. The van der Waals surface area contributed by atoms with Crippen molar-refractivity contribution in [3.8, 4) is 0 Å². The molecule has 1 heterocycles. The zero-order chi connectivity index (χ0) is 15.8. The van der Waals surface area contributed by atoms with Gasteiger partial charge >= 0.3 is 0 Å². The first-order valence-electron chi connectivity index (χ1n) is 8.41. The summed E-state index contributed by atoms with van der Waals surface area (Å²) in [6.07, 6.45) is 5.73. The summed E-state index contributed by atoms with van der Waals surface area (Å²) >= 11 is 0. The summed E-state index contributed by atoms with van der Waals surface area (Å²) in [7, 11) is 0. The normalized spacial score (nSPS) is 27.1. The van der Waals surface area contributed by atoms with Crippen molar-refractivity contribution in [2.45, 2.75) is 90.8 Å². The molecular formula is C17H30N2O2. The summed E-state index contributed by atoms with van der Waals surface area (Å²) in [5, 5.41) is 3.06. The van der Waals surface area contributed by atoms with Crippen molar-refractivity contribution in [1.29, 1.82) is 0 Å². The Kier molecular flexibility index (Phi) is 4.36. The van der Waals surface area contributed by atoms with Gasteiger partial charge in [0.25, 0.3) is 0 Å². The molecule has 1 unspecified atom stereocenters. The minimum atomic E-state index is -0.693. The Morgan fingerprint density at radius 2 is 1.67 bits per heavy atom. The van der Waals surface area contributed by atoms with Crippen molar-refractivity contribution < 1.29 is 9.59 Å². The van der Waals surface area contributed by atoms with Gasteiger partial charge in [0.05, 0.1) is 0 Å². The number of amides is 2. The maximum atomic E-state index is 13.2. The minimum absolute atomic E-state index is 0.0256. The van der Waals surface area contributed by atoms with Gasteiger partial charge in [-0.1, -0.05) is 47.5 Å². The average molecular weight is 294 g/mol. The topological polar surface area (TPSA) is 49.4 Å². The molecule has 0 aromatic rings. The molecule has 1 aliphatic heterocycles. The van der Waals surface area contributed by atoms with E-state index in [1.54, 1.807) is 0 Å². The lowest BCUT2D eigenvalue weighted by molar-refractivity contribution is -0.163. The van der Waals surface area contributed by atoms with Gasteiger partial charge in [0.2, 0.25) is 11.8 Å². The molecule has 2 amide bonds. The Hall–Kier alpha value is -1.06. The average Bonchev–Trinajstić information content (AvgIpc) is 2.93. The monoisotopic (exact) mass is 294 g/mol. The van der Waals surface area contributed by atoms with Crippen LogP contribution in [0.25, 0.3) is 0 Å². The Bertz CT molecular complexity index is 415. The predicted octanol–water partition coefficient (Wildman–Crippen LogP) is 2.86. The van der Waals surface area contributed by atoms with E-state index in [0.717, 1.165) is 25.7 Å². The molecular weight excluding hydrogens is 264 g/mol. The second kappa shape index (κ2) is 5.62. The molecule has 2 rings (SSSR count). The maximum absolute atomic E-state index is 13.2. The van der Waals surface area contributed by atoms with E-state index in [0.29, 0.717) is 12.8 Å². The number of carbonyl (C=O) groups excluding carboxylic acids is 2. The first-order valence-corrected chi connectivity index (χ1v) is 8.41. The third-order valence-electron chi connectivity index (χ3n) is 5.28. The highest BCUT2D eigenvalue weighted by Crippen LogP contribution is 2.38. The van der Waals surface area contributed by atoms with Crippen LogP contribution >= 0.6 is 0 Å². The highest BCUT2D eigenvalue weighted by atomic mass is 16.2. The fourth-order valence-corrected chi connectivity index (χ4v) is 3.95. The Morgan fingerprint density at radius 1 is 1.14 bits per heavy atom. The Balaban J connectivity index is 2.44. The summed E-state index contributed by atoms with van der Waals surface area (Å²) in [5.41, 5.74) is -0.933. The van der Waals surface area contributed by atoms with Crippen LogP contribution in [-0.2, 0) is 9.59 Å². The van der Waals surface area contributed by atoms with Crippen LogP contribution in [0, 0.1) is 5.41 Å². The fourth-order valence-electron chi connectivity index (χ4n) is 3.95. The highest BCUT2D eigenvalue weighted by molar-refractivity contribution is 6.00. The second-order valence-corrected chi connectivity index (χ2v) is 7.70. The van der Waals surface area contributed by atoms with Crippen LogP contribution in [0.3, 0.4) is 0 Å². The summed E-state index contributed by atoms with van der Waals surface area (Å²) in [5.74, 6) is 0.164. The number of rotatable bonds is 3. The van der Waals surface area contributed by atoms with E-state index in [9.17, 15) is 9.59 Å². The minimum Gasteiger partial charge on any atom is -0.340 e. The molecule has 120 valence electrons. The SMILES string of the molecule is CCC1(CC)NC(=O)C(C(C)(C)C)N(C2CCCC2)C1=O. The first-order chi connectivity index (χ1) is 9.77. The van der Waals surface area contributed by atoms with Crippen LogP contribution in [-0.4, -0.2) is 34.3 Å². The molecule has 4 heteroatoms. The van der Waals surface area contributed by atoms with E-state index < -0.39 is 5.54 Å². The molecule has 1 saturated heterocycles. The standard InChI is InChI=1S/C17H30N2O2/c1-6-17(7-2)15(21)19(12-10-8-9-11-12)13(14(20)18-17)16(3,4)5/h12-13H,6-11H2,1-5H3,(H,18,20). The van der Waals surface area contributed by atoms with Crippen LogP contribution in [0.4, 0.5) is 0 Å². The van der Waals surface area contributed by atoms with Crippen LogP contribution in [0.15, 0.2) is 0 Å². The van der Waals surface area contributed by atoms with Gasteiger partial charge in [-0.25, -0.2) is 0 Å². The quantitative estimate of drug-likeness (QED) is 0.870. The molecule has 0 bridgehead atoms. The van der Waals surface area contributed by atoms with E-state index in [1.165, 1.54) is 0 Å². The van der Waals surface area contributed by atoms with Crippen molar-refractivity contribution in [3.63, 3.8) is 0 Å². The van der Waals surface area contributed by atoms with Crippen LogP contribution < -0.4 is 5.32 Å². The van der Waals surface area contributed by atoms with Gasteiger partial charge in [-0.2, -0.15) is 0 Å². The second-order valence-electron chi connectivity index (χ2n) is 7.70. The van der Waals surface area contributed by atoms with Gasteiger partial charge in [-0.3, -0.25) is 9.59 Å². The van der Waals surface area contributed by atoms with Crippen molar-refractivity contribution in [1.82, 2.24) is 10.2 Å². The fraction of sp³-hybridized carbons (Fsp3) is 0.882. The van der Waals surface area contributed by atoms with Crippen molar-refractivity contribution in [3.05, 3.63) is 0 Å². The highest BCUT2D eigenvalue weighted by Gasteiger charge is 2.54. The third kappa shape index (κ3) is 2.69. The molecule has 0 radical (unpaired) electrons. The molecule has 1 saturated carbocycles. The van der Waals surface area contributed by atoms with Gasteiger partial charge in [0.15, 0.2) is 0 Å². The molecule has 4 nitrogen and oxygen atoms in total. The molecule has 21 heavy (non-hydrogen) atoms. The van der Waals surface area contributed by atoms with E-state index in [1.807, 2.05) is 18.7 Å². The van der Waals surface area contributed by atoms with Gasteiger partial charge in [-0.15, -0.1) is 0 Å². The number of hydrogen-bond acceptors (Lipinski definition) is 2. The number of hydrogen-bond donors (Lipinski definition) is 1. The molecule has 0 aromatic carbocycles. The lowest BCUT2D eigenvalue weighted by Crippen LogP contribution is -2.73. The van der Waals surface area contributed by atoms with Gasteiger partial charge in [-0.05, 0) is 31.1 Å². The largest absolute Gasteiger partial charge is 0.340 e. The zero-order valence-corrected chi connectivity index (χ0v) is 14.2. The third-order valence-corrected chi connectivity index (χ3v) is 5.28. The Morgan fingerprint density at radius 3 is 2.10 bits per heavy atom. The summed E-state index contributed by atoms with van der Waals surface area (Å²) in [6.45, 7) is 10.1. The number of nitrogens with one attached hydrogen (secondary N) is 1. The predicted molar refractivity (Wildman–Crippen MR) is 83.8 cm³/mol. The van der Waals surface area contributed by atoms with Gasteiger partial charge in [0.1, 0.15) is 11.6 Å². The molecule has 0 spiro atoms. The van der Waals surface area contributed by atoms with Crippen LogP contribution in [0.5, 0.6) is 0 Å². The molecule has 2 fully saturated rings. The molecule has 1 atom stereocenters. The maximum Gasteiger partial charge on any atom is 0.249 e. The van der Waals surface area contributed by atoms with Crippen LogP contribution in [0.1, 0.15) is 73.1 Å². The van der Waals surface area contributed by atoms with Gasteiger partial charge < -0.3 is 10.2 Å². The molecule has 2 aliphatic rings. The number of piperazine rings is 1.